The van der Waals surface area contributed by atoms with Gasteiger partial charge in [-0.1, -0.05) is 11.6 Å². The Labute approximate surface area is 134 Å². The van der Waals surface area contributed by atoms with Crippen molar-refractivity contribution in [2.75, 3.05) is 20.2 Å². The summed E-state index contributed by atoms with van der Waals surface area (Å²) < 4.78 is 5.21. The van der Waals surface area contributed by atoms with Crippen LogP contribution in [0.1, 0.15) is 18.9 Å². The first kappa shape index (κ1) is 16.4. The van der Waals surface area contributed by atoms with Gasteiger partial charge in [0.2, 0.25) is 5.91 Å². The zero-order chi connectivity index (χ0) is 16.3. The summed E-state index contributed by atoms with van der Waals surface area (Å²) in [4.78, 5) is 24.9. The van der Waals surface area contributed by atoms with Gasteiger partial charge >= 0.3 is 5.97 Å². The molecule has 0 aromatic heterocycles. The first-order valence-electron chi connectivity index (χ1n) is 6.90. The summed E-state index contributed by atoms with van der Waals surface area (Å²) in [5, 5.41) is 9.74. The fourth-order valence-corrected chi connectivity index (χ4v) is 2.61. The normalized spacial score (nSPS) is 21.3. The number of rotatable bonds is 4. The van der Waals surface area contributed by atoms with Crippen LogP contribution >= 0.6 is 11.6 Å². The SMILES string of the molecule is COc1ccc(Cl)cc1/C=C/C(=O)N1CCC(C)(C(=O)O)C1. The number of likely N-dealkylation sites (tertiary alicyclic amines) is 1. The van der Waals surface area contributed by atoms with Crippen LogP contribution in [0.15, 0.2) is 24.3 Å². The van der Waals surface area contributed by atoms with E-state index in [0.717, 1.165) is 0 Å². The first-order chi connectivity index (χ1) is 10.4. The molecular formula is C16H18ClNO4. The number of methoxy groups -OCH3 is 1. The fourth-order valence-electron chi connectivity index (χ4n) is 2.43. The molecule has 6 heteroatoms. The van der Waals surface area contributed by atoms with E-state index < -0.39 is 11.4 Å². The topological polar surface area (TPSA) is 66.8 Å². The van der Waals surface area contributed by atoms with Crippen LogP contribution in [0, 0.1) is 5.41 Å². The number of benzene rings is 1. The number of hydrogen-bond acceptors (Lipinski definition) is 3. The Morgan fingerprint density at radius 2 is 2.18 bits per heavy atom. The Balaban J connectivity index is 2.10. The maximum Gasteiger partial charge on any atom is 0.311 e. The molecule has 1 heterocycles. The minimum atomic E-state index is -0.872. The van der Waals surface area contributed by atoms with E-state index in [9.17, 15) is 14.7 Å². The van der Waals surface area contributed by atoms with E-state index in [1.54, 1.807) is 43.2 Å². The van der Waals surface area contributed by atoms with Crippen molar-refractivity contribution in [2.45, 2.75) is 13.3 Å². The smallest absolute Gasteiger partial charge is 0.311 e. The molecule has 2 rings (SSSR count). The lowest BCUT2D eigenvalue weighted by atomic mass is 9.90. The molecule has 1 aromatic rings. The molecule has 0 saturated carbocycles. The zero-order valence-electron chi connectivity index (χ0n) is 12.5. The lowest BCUT2D eigenvalue weighted by Crippen LogP contribution is -2.34. The monoisotopic (exact) mass is 323 g/mol. The molecule has 0 spiro atoms. The van der Waals surface area contributed by atoms with Crippen molar-refractivity contribution in [3.63, 3.8) is 0 Å². The second-order valence-corrected chi connectivity index (χ2v) is 6.03. The molecule has 118 valence electrons. The number of aliphatic carboxylic acids is 1. The second-order valence-electron chi connectivity index (χ2n) is 5.60. The molecule has 1 amide bonds. The van der Waals surface area contributed by atoms with Crippen LogP contribution < -0.4 is 4.74 Å². The Kier molecular flexibility index (Phi) is 4.76. The van der Waals surface area contributed by atoms with Crippen molar-refractivity contribution in [1.29, 1.82) is 0 Å². The number of ether oxygens (including phenoxy) is 1. The van der Waals surface area contributed by atoms with Crippen LogP contribution in [0.5, 0.6) is 5.75 Å². The summed E-state index contributed by atoms with van der Waals surface area (Å²) in [5.74, 6) is -0.472. The maximum absolute atomic E-state index is 12.2. The summed E-state index contributed by atoms with van der Waals surface area (Å²) in [6.07, 6.45) is 3.51. The quantitative estimate of drug-likeness (QED) is 0.865. The average molecular weight is 324 g/mol. The van der Waals surface area contributed by atoms with Crippen LogP contribution in [0.3, 0.4) is 0 Å². The standard InChI is InChI=1S/C16H18ClNO4/c1-16(15(20)21)7-8-18(10-16)14(19)6-3-11-9-12(17)4-5-13(11)22-2/h3-6,9H,7-8,10H2,1-2H3,(H,20,21)/b6-3+. The summed E-state index contributed by atoms with van der Waals surface area (Å²) in [6, 6.07) is 5.14. The van der Waals surface area contributed by atoms with Crippen LogP contribution in [0.25, 0.3) is 6.08 Å². The Hall–Kier alpha value is -2.01. The Morgan fingerprint density at radius 1 is 1.45 bits per heavy atom. The first-order valence-corrected chi connectivity index (χ1v) is 7.27. The number of nitrogens with zero attached hydrogens (tertiary/aromatic N) is 1. The van der Waals surface area contributed by atoms with E-state index in [4.69, 9.17) is 16.3 Å². The van der Waals surface area contributed by atoms with Gasteiger partial charge in [-0.05, 0) is 37.6 Å². The van der Waals surface area contributed by atoms with Crippen molar-refractivity contribution in [1.82, 2.24) is 4.90 Å². The highest BCUT2D eigenvalue weighted by Crippen LogP contribution is 2.30. The van der Waals surface area contributed by atoms with Gasteiger partial charge in [0.25, 0.3) is 0 Å². The highest BCUT2D eigenvalue weighted by Gasteiger charge is 2.41. The number of amides is 1. The van der Waals surface area contributed by atoms with Crippen molar-refractivity contribution < 1.29 is 19.4 Å². The van der Waals surface area contributed by atoms with E-state index in [1.165, 1.54) is 6.08 Å². The minimum absolute atomic E-state index is 0.216. The molecular weight excluding hydrogens is 306 g/mol. The molecule has 1 N–H and O–H groups in total. The zero-order valence-corrected chi connectivity index (χ0v) is 13.3. The van der Waals surface area contributed by atoms with Gasteiger partial charge in [0, 0.05) is 29.8 Å². The third-order valence-electron chi connectivity index (χ3n) is 3.90. The van der Waals surface area contributed by atoms with E-state index in [1.807, 2.05) is 0 Å². The third kappa shape index (κ3) is 3.42. The van der Waals surface area contributed by atoms with Gasteiger partial charge in [-0.25, -0.2) is 0 Å². The van der Waals surface area contributed by atoms with Gasteiger partial charge in [0.1, 0.15) is 5.75 Å². The molecule has 1 unspecified atom stereocenters. The predicted molar refractivity (Wildman–Crippen MR) is 84.0 cm³/mol. The minimum Gasteiger partial charge on any atom is -0.496 e. The van der Waals surface area contributed by atoms with Gasteiger partial charge in [0.15, 0.2) is 0 Å². The summed E-state index contributed by atoms with van der Waals surface area (Å²) >= 11 is 5.94. The van der Waals surface area contributed by atoms with Crippen LogP contribution in [0.4, 0.5) is 0 Å². The molecule has 5 nitrogen and oxygen atoms in total. The summed E-state index contributed by atoms with van der Waals surface area (Å²) in [7, 11) is 1.54. The van der Waals surface area contributed by atoms with Crippen molar-refractivity contribution in [3.05, 3.63) is 34.9 Å². The van der Waals surface area contributed by atoms with Gasteiger partial charge in [-0.3, -0.25) is 9.59 Å². The second kappa shape index (κ2) is 6.40. The largest absolute Gasteiger partial charge is 0.496 e. The molecule has 0 aliphatic carbocycles. The molecule has 1 fully saturated rings. The van der Waals surface area contributed by atoms with E-state index in [0.29, 0.717) is 29.3 Å². The molecule has 1 aliphatic rings. The molecule has 1 saturated heterocycles. The van der Waals surface area contributed by atoms with Crippen molar-refractivity contribution in [2.24, 2.45) is 5.41 Å². The van der Waals surface area contributed by atoms with E-state index in [2.05, 4.69) is 0 Å². The summed E-state index contributed by atoms with van der Waals surface area (Å²) in [5.41, 5.74) is -0.166. The molecule has 0 bridgehead atoms. The molecule has 22 heavy (non-hydrogen) atoms. The average Bonchev–Trinajstić information content (AvgIpc) is 2.89. The molecule has 1 atom stereocenters. The fraction of sp³-hybridized carbons (Fsp3) is 0.375. The van der Waals surface area contributed by atoms with Gasteiger partial charge in [0.05, 0.1) is 12.5 Å². The highest BCUT2D eigenvalue weighted by molar-refractivity contribution is 6.30. The molecule has 0 radical (unpaired) electrons. The number of carboxylic acids is 1. The number of carboxylic acid groups (broad SMARTS) is 1. The number of hydrogen-bond donors (Lipinski definition) is 1. The molecule has 1 aliphatic heterocycles. The lowest BCUT2D eigenvalue weighted by Gasteiger charge is -2.19. The lowest BCUT2D eigenvalue weighted by molar-refractivity contribution is -0.147. The molecule has 1 aromatic carbocycles. The number of carbonyl (C=O) groups excluding carboxylic acids is 1. The highest BCUT2D eigenvalue weighted by atomic mass is 35.5. The summed E-state index contributed by atoms with van der Waals surface area (Å²) in [6.45, 7) is 2.32. The van der Waals surface area contributed by atoms with Crippen LogP contribution in [-0.2, 0) is 9.59 Å². The number of carbonyl (C=O) groups is 2. The van der Waals surface area contributed by atoms with Gasteiger partial charge in [-0.2, -0.15) is 0 Å². The van der Waals surface area contributed by atoms with E-state index in [-0.39, 0.29) is 12.5 Å². The maximum atomic E-state index is 12.2. The van der Waals surface area contributed by atoms with Gasteiger partial charge < -0.3 is 14.7 Å². The van der Waals surface area contributed by atoms with Crippen LogP contribution in [-0.4, -0.2) is 42.1 Å². The van der Waals surface area contributed by atoms with Crippen molar-refractivity contribution in [3.8, 4) is 5.75 Å². The number of halogens is 1. The van der Waals surface area contributed by atoms with Crippen LogP contribution in [0.2, 0.25) is 5.02 Å². The third-order valence-corrected chi connectivity index (χ3v) is 4.13. The Morgan fingerprint density at radius 3 is 2.77 bits per heavy atom. The van der Waals surface area contributed by atoms with E-state index >= 15 is 0 Å². The van der Waals surface area contributed by atoms with Gasteiger partial charge in [-0.15, -0.1) is 0 Å². The predicted octanol–water partition coefficient (Wildman–Crippen LogP) is 2.69. The van der Waals surface area contributed by atoms with Crippen molar-refractivity contribution >= 4 is 29.6 Å². The Bertz CT molecular complexity index is 629.